The van der Waals surface area contributed by atoms with E-state index >= 15 is 0 Å². The second kappa shape index (κ2) is 8.77. The molecule has 2 rings (SSSR count). The summed E-state index contributed by atoms with van der Waals surface area (Å²) in [4.78, 5) is 12.3. The second-order valence-corrected chi connectivity index (χ2v) is 8.24. The summed E-state index contributed by atoms with van der Waals surface area (Å²) in [5, 5.41) is 5.66. The molecule has 134 valence electrons. The lowest BCUT2D eigenvalue weighted by Crippen LogP contribution is -2.21. The van der Waals surface area contributed by atoms with E-state index in [4.69, 9.17) is 0 Å². The molecule has 1 aromatic heterocycles. The van der Waals surface area contributed by atoms with E-state index in [0.29, 0.717) is 5.92 Å². The molecule has 0 fully saturated rings. The summed E-state index contributed by atoms with van der Waals surface area (Å²) < 4.78 is 27.4. The predicted octanol–water partition coefficient (Wildman–Crippen LogP) is 3.70. The van der Waals surface area contributed by atoms with E-state index in [2.05, 4.69) is 29.1 Å². The summed E-state index contributed by atoms with van der Waals surface area (Å²) in [5.74, 6) is -0.167. The van der Waals surface area contributed by atoms with Crippen molar-refractivity contribution in [1.82, 2.24) is 5.43 Å². The molecule has 0 spiro atoms. The zero-order valence-corrected chi connectivity index (χ0v) is 15.7. The molecule has 0 saturated heterocycles. The highest BCUT2D eigenvalue weighted by Gasteiger charge is 2.19. The molecule has 0 unspecified atom stereocenters. The summed E-state index contributed by atoms with van der Waals surface area (Å²) >= 11 is 1.11. The highest BCUT2D eigenvalue weighted by molar-refractivity contribution is 7.94. The van der Waals surface area contributed by atoms with E-state index in [1.807, 2.05) is 0 Å². The first-order chi connectivity index (χ1) is 12.0. The summed E-state index contributed by atoms with van der Waals surface area (Å²) in [6.07, 6.45) is 3.58. The fourth-order valence-electron chi connectivity index (χ4n) is 2.14. The molecule has 1 heterocycles. The first-order valence-corrected chi connectivity index (χ1v) is 10.3. The Kier molecular flexibility index (Phi) is 6.72. The van der Waals surface area contributed by atoms with Crippen LogP contribution in [-0.4, -0.2) is 20.5 Å². The van der Waals surface area contributed by atoms with Gasteiger partial charge in [0.1, 0.15) is 4.21 Å². The molecule has 25 heavy (non-hydrogen) atoms. The molecule has 1 aromatic carbocycles. The third kappa shape index (κ3) is 5.14. The SMILES string of the molecule is CCC(/C=N/NC(=O)c1ccccc1NS(=O)(=O)c1cccs1)CC. The summed E-state index contributed by atoms with van der Waals surface area (Å²) in [6, 6.07) is 9.60. The van der Waals surface area contributed by atoms with Gasteiger partial charge in [-0.1, -0.05) is 32.0 Å². The minimum absolute atomic E-state index is 0.189. The van der Waals surface area contributed by atoms with Gasteiger partial charge in [0.15, 0.2) is 0 Å². The van der Waals surface area contributed by atoms with Crippen molar-refractivity contribution in [2.75, 3.05) is 4.72 Å². The zero-order chi connectivity index (χ0) is 18.3. The van der Waals surface area contributed by atoms with Crippen molar-refractivity contribution in [1.29, 1.82) is 0 Å². The van der Waals surface area contributed by atoms with Gasteiger partial charge in [0.05, 0.1) is 11.3 Å². The number of para-hydroxylation sites is 1. The Bertz CT molecular complexity index is 827. The quantitative estimate of drug-likeness (QED) is 0.541. The van der Waals surface area contributed by atoms with Crippen LogP contribution in [0.3, 0.4) is 0 Å². The van der Waals surface area contributed by atoms with Crippen molar-refractivity contribution in [3.05, 3.63) is 47.3 Å². The third-order valence-electron chi connectivity index (χ3n) is 3.68. The molecule has 0 atom stereocenters. The van der Waals surface area contributed by atoms with Gasteiger partial charge in [0.25, 0.3) is 15.9 Å². The maximum Gasteiger partial charge on any atom is 0.273 e. The molecule has 6 nitrogen and oxygen atoms in total. The van der Waals surface area contributed by atoms with Crippen LogP contribution < -0.4 is 10.1 Å². The van der Waals surface area contributed by atoms with Crippen LogP contribution in [0.1, 0.15) is 37.0 Å². The highest BCUT2D eigenvalue weighted by atomic mass is 32.2. The number of hydrogen-bond donors (Lipinski definition) is 2. The number of benzene rings is 1. The molecule has 0 bridgehead atoms. The van der Waals surface area contributed by atoms with Crippen LogP contribution in [0.4, 0.5) is 5.69 Å². The van der Waals surface area contributed by atoms with Crippen LogP contribution in [0.25, 0.3) is 0 Å². The number of nitrogens with one attached hydrogen (secondary N) is 2. The third-order valence-corrected chi connectivity index (χ3v) is 6.44. The minimum Gasteiger partial charge on any atom is -0.278 e. The number of carbonyl (C=O) groups excluding carboxylic acids is 1. The van der Waals surface area contributed by atoms with E-state index < -0.39 is 15.9 Å². The maximum absolute atomic E-state index is 12.4. The van der Waals surface area contributed by atoms with Gasteiger partial charge in [-0.3, -0.25) is 9.52 Å². The summed E-state index contributed by atoms with van der Waals surface area (Å²) in [6.45, 7) is 4.10. The number of anilines is 1. The van der Waals surface area contributed by atoms with Gasteiger partial charge in [0.2, 0.25) is 0 Å². The average molecular weight is 380 g/mol. The van der Waals surface area contributed by atoms with Crippen molar-refractivity contribution in [3.8, 4) is 0 Å². The topological polar surface area (TPSA) is 87.6 Å². The number of thiophene rings is 1. The molecule has 1 amide bonds. The van der Waals surface area contributed by atoms with Crippen molar-refractivity contribution >= 4 is 39.2 Å². The average Bonchev–Trinajstić information content (AvgIpc) is 3.14. The summed E-state index contributed by atoms with van der Waals surface area (Å²) in [7, 11) is -3.72. The Morgan fingerprint density at radius 1 is 1.20 bits per heavy atom. The van der Waals surface area contributed by atoms with Crippen molar-refractivity contribution in [2.45, 2.75) is 30.9 Å². The number of carbonyl (C=O) groups is 1. The Hall–Kier alpha value is -2.19. The fourth-order valence-corrected chi connectivity index (χ4v) is 4.22. The highest BCUT2D eigenvalue weighted by Crippen LogP contribution is 2.22. The molecule has 0 radical (unpaired) electrons. The fraction of sp³-hybridized carbons (Fsp3) is 0.294. The lowest BCUT2D eigenvalue weighted by molar-refractivity contribution is 0.0956. The molecule has 0 aliphatic carbocycles. The number of hydrogen-bond acceptors (Lipinski definition) is 5. The Balaban J connectivity index is 2.16. The monoisotopic (exact) mass is 379 g/mol. The van der Waals surface area contributed by atoms with Crippen LogP contribution in [0, 0.1) is 5.92 Å². The van der Waals surface area contributed by atoms with Crippen molar-refractivity contribution in [2.24, 2.45) is 11.0 Å². The van der Waals surface area contributed by atoms with Gasteiger partial charge in [-0.15, -0.1) is 11.3 Å². The molecular formula is C17H21N3O3S2. The van der Waals surface area contributed by atoms with E-state index in [-0.39, 0.29) is 15.5 Å². The van der Waals surface area contributed by atoms with Crippen LogP contribution in [0.2, 0.25) is 0 Å². The first-order valence-electron chi connectivity index (χ1n) is 7.96. The summed E-state index contributed by atoms with van der Waals surface area (Å²) in [5.41, 5.74) is 2.88. The van der Waals surface area contributed by atoms with Gasteiger partial charge in [-0.2, -0.15) is 5.10 Å². The lowest BCUT2D eigenvalue weighted by Gasteiger charge is -2.11. The Labute approximate surface area is 152 Å². The molecule has 0 saturated carbocycles. The van der Waals surface area contributed by atoms with Gasteiger partial charge in [-0.05, 0) is 42.3 Å². The van der Waals surface area contributed by atoms with E-state index in [1.165, 1.54) is 6.07 Å². The molecule has 0 aliphatic rings. The largest absolute Gasteiger partial charge is 0.278 e. The van der Waals surface area contributed by atoms with Gasteiger partial charge in [0, 0.05) is 6.21 Å². The number of amides is 1. The standard InChI is InChI=1S/C17H21N3O3S2/c1-3-13(4-2)12-18-19-17(21)14-8-5-6-9-15(14)20-25(22,23)16-10-7-11-24-16/h5-13,20H,3-4H2,1-2H3,(H,19,21)/b18-12+. The zero-order valence-electron chi connectivity index (χ0n) is 14.1. The van der Waals surface area contributed by atoms with Crippen LogP contribution >= 0.6 is 11.3 Å². The van der Waals surface area contributed by atoms with Gasteiger partial charge >= 0.3 is 0 Å². The normalized spacial score (nSPS) is 11.8. The van der Waals surface area contributed by atoms with Gasteiger partial charge in [-0.25, -0.2) is 13.8 Å². The Morgan fingerprint density at radius 2 is 1.92 bits per heavy atom. The number of sulfonamides is 1. The number of nitrogens with zero attached hydrogens (tertiary/aromatic N) is 1. The molecule has 0 aliphatic heterocycles. The first kappa shape index (κ1) is 19.1. The maximum atomic E-state index is 12.4. The minimum atomic E-state index is -3.72. The van der Waals surface area contributed by atoms with Crippen molar-refractivity contribution < 1.29 is 13.2 Å². The predicted molar refractivity (Wildman–Crippen MR) is 102 cm³/mol. The van der Waals surface area contributed by atoms with Crippen molar-refractivity contribution in [3.63, 3.8) is 0 Å². The van der Waals surface area contributed by atoms with Crippen LogP contribution in [0.5, 0.6) is 0 Å². The molecule has 2 N–H and O–H groups in total. The van der Waals surface area contributed by atoms with E-state index in [1.54, 1.807) is 41.9 Å². The number of hydrazone groups is 1. The molecule has 2 aromatic rings. The smallest absolute Gasteiger partial charge is 0.273 e. The Morgan fingerprint density at radius 3 is 2.56 bits per heavy atom. The number of rotatable bonds is 8. The lowest BCUT2D eigenvalue weighted by atomic mass is 10.1. The van der Waals surface area contributed by atoms with E-state index in [9.17, 15) is 13.2 Å². The molecule has 8 heteroatoms. The second-order valence-electron chi connectivity index (χ2n) is 5.38. The van der Waals surface area contributed by atoms with Crippen LogP contribution in [0.15, 0.2) is 51.1 Å². The van der Waals surface area contributed by atoms with Gasteiger partial charge < -0.3 is 0 Å². The van der Waals surface area contributed by atoms with Crippen LogP contribution in [-0.2, 0) is 10.0 Å². The molecular weight excluding hydrogens is 358 g/mol. The van der Waals surface area contributed by atoms with E-state index in [0.717, 1.165) is 24.2 Å².